The van der Waals surface area contributed by atoms with Gasteiger partial charge in [-0.1, -0.05) is 12.5 Å². The van der Waals surface area contributed by atoms with Crippen LogP contribution in [0.3, 0.4) is 0 Å². The number of aromatic nitrogens is 3. The molecule has 1 aliphatic carbocycles. The number of carbonyl (C=O) groups is 2. The second kappa shape index (κ2) is 7.87. The number of hydrogen-bond donors (Lipinski definition) is 3. The normalized spacial score (nSPS) is 22.4. The quantitative estimate of drug-likeness (QED) is 0.695. The van der Waals surface area contributed by atoms with E-state index in [0.717, 1.165) is 30.5 Å². The van der Waals surface area contributed by atoms with E-state index in [4.69, 9.17) is 4.74 Å². The molecular weight excluding hydrogens is 346 g/mol. The van der Waals surface area contributed by atoms with Crippen LogP contribution < -0.4 is 10.6 Å². The number of fused-ring (bicyclic) bond motifs is 1. The first-order chi connectivity index (χ1) is 13.2. The first-order valence-electron chi connectivity index (χ1n) is 9.36. The van der Waals surface area contributed by atoms with Gasteiger partial charge >= 0.3 is 0 Å². The molecule has 1 aliphatic heterocycles. The van der Waals surface area contributed by atoms with Crippen LogP contribution in [0.2, 0.25) is 0 Å². The maximum Gasteiger partial charge on any atom is 0.251 e. The molecule has 0 unspecified atom stereocenters. The summed E-state index contributed by atoms with van der Waals surface area (Å²) in [6.07, 6.45) is 8.02. The lowest BCUT2D eigenvalue weighted by molar-refractivity contribution is -0.148. The zero-order valence-corrected chi connectivity index (χ0v) is 15.0. The fourth-order valence-corrected chi connectivity index (χ4v) is 3.74. The molecule has 8 nitrogen and oxygen atoms in total. The number of nitrogens with zero attached hydrogens (tertiary/aromatic N) is 2. The van der Waals surface area contributed by atoms with Crippen molar-refractivity contribution in [1.29, 1.82) is 0 Å². The van der Waals surface area contributed by atoms with Crippen LogP contribution in [0, 0.1) is 0 Å². The number of aryl methyl sites for hydroxylation is 1. The summed E-state index contributed by atoms with van der Waals surface area (Å²) in [6, 6.07) is 3.03. The van der Waals surface area contributed by atoms with Crippen molar-refractivity contribution in [3.63, 3.8) is 0 Å². The standard InChI is InChI=1S/C19H23N5O3/c25-16-11-27-18(17(22-16)12-5-4-8-20-9-12)19(26)21-10-15-13-6-2-1-3-7-14(13)23-24-15/h4-5,8-9,17-18H,1-3,6-7,10-11H2,(H,21,26)(H,22,25)(H,23,24)/t17-,18+/m1/s1. The molecule has 2 amide bonds. The van der Waals surface area contributed by atoms with Crippen molar-refractivity contribution in [1.82, 2.24) is 25.8 Å². The fraction of sp³-hybridized carbons (Fsp3) is 0.474. The van der Waals surface area contributed by atoms with Gasteiger partial charge in [0.25, 0.3) is 5.91 Å². The highest BCUT2D eigenvalue weighted by Crippen LogP contribution is 2.23. The molecule has 3 heterocycles. The number of aromatic amines is 1. The predicted molar refractivity (Wildman–Crippen MR) is 96.6 cm³/mol. The lowest BCUT2D eigenvalue weighted by atomic mass is 10.0. The largest absolute Gasteiger partial charge is 0.356 e. The van der Waals surface area contributed by atoms with Gasteiger partial charge in [0.1, 0.15) is 6.61 Å². The van der Waals surface area contributed by atoms with Crippen LogP contribution >= 0.6 is 0 Å². The second-order valence-corrected chi connectivity index (χ2v) is 6.97. The molecule has 0 radical (unpaired) electrons. The first kappa shape index (κ1) is 17.7. The van der Waals surface area contributed by atoms with Crippen molar-refractivity contribution in [3.8, 4) is 0 Å². The van der Waals surface area contributed by atoms with Crippen molar-refractivity contribution in [2.45, 2.75) is 50.8 Å². The minimum absolute atomic E-state index is 0.132. The van der Waals surface area contributed by atoms with Crippen LogP contribution in [-0.2, 0) is 33.7 Å². The van der Waals surface area contributed by atoms with Crippen molar-refractivity contribution >= 4 is 11.8 Å². The van der Waals surface area contributed by atoms with Gasteiger partial charge in [0.05, 0.1) is 18.3 Å². The molecule has 0 aromatic carbocycles. The van der Waals surface area contributed by atoms with E-state index < -0.39 is 12.1 Å². The predicted octanol–water partition coefficient (Wildman–Crippen LogP) is 0.946. The van der Waals surface area contributed by atoms with Crippen LogP contribution in [0.25, 0.3) is 0 Å². The van der Waals surface area contributed by atoms with Crippen molar-refractivity contribution in [2.75, 3.05) is 6.61 Å². The molecule has 0 spiro atoms. The van der Waals surface area contributed by atoms with E-state index in [1.54, 1.807) is 18.5 Å². The monoisotopic (exact) mass is 369 g/mol. The van der Waals surface area contributed by atoms with E-state index >= 15 is 0 Å². The second-order valence-electron chi connectivity index (χ2n) is 6.97. The summed E-state index contributed by atoms with van der Waals surface area (Å²) in [6.45, 7) is 0.213. The highest BCUT2D eigenvalue weighted by Gasteiger charge is 2.36. The minimum Gasteiger partial charge on any atom is -0.356 e. The minimum atomic E-state index is -0.801. The highest BCUT2D eigenvalue weighted by molar-refractivity contribution is 5.86. The number of nitrogens with one attached hydrogen (secondary N) is 3. The highest BCUT2D eigenvalue weighted by atomic mass is 16.5. The summed E-state index contributed by atoms with van der Waals surface area (Å²) in [5, 5.41) is 13.2. The Hall–Kier alpha value is -2.74. The van der Waals surface area contributed by atoms with E-state index in [9.17, 15) is 9.59 Å². The van der Waals surface area contributed by atoms with E-state index in [-0.39, 0.29) is 18.4 Å². The number of morpholine rings is 1. The van der Waals surface area contributed by atoms with E-state index in [2.05, 4.69) is 25.8 Å². The van der Waals surface area contributed by atoms with Gasteiger partial charge < -0.3 is 15.4 Å². The number of ether oxygens (including phenoxy) is 1. The molecule has 0 bridgehead atoms. The van der Waals surface area contributed by atoms with Gasteiger partial charge in [0.2, 0.25) is 5.91 Å². The summed E-state index contributed by atoms with van der Waals surface area (Å²) in [5.74, 6) is -0.514. The zero-order valence-electron chi connectivity index (χ0n) is 15.0. The van der Waals surface area contributed by atoms with Gasteiger partial charge in [-0.05, 0) is 42.9 Å². The molecule has 0 saturated carbocycles. The lowest BCUT2D eigenvalue weighted by Crippen LogP contribution is -2.52. The third kappa shape index (κ3) is 3.85. The Morgan fingerprint density at radius 1 is 1.30 bits per heavy atom. The smallest absolute Gasteiger partial charge is 0.251 e. The fourth-order valence-electron chi connectivity index (χ4n) is 3.74. The summed E-state index contributed by atoms with van der Waals surface area (Å²) in [7, 11) is 0. The molecule has 4 rings (SSSR count). The summed E-state index contributed by atoms with van der Waals surface area (Å²) in [5.41, 5.74) is 4.04. The van der Waals surface area contributed by atoms with Crippen LogP contribution in [0.4, 0.5) is 0 Å². The van der Waals surface area contributed by atoms with Gasteiger partial charge in [0, 0.05) is 18.1 Å². The van der Waals surface area contributed by atoms with Gasteiger partial charge in [-0.15, -0.1) is 0 Å². The molecule has 2 aromatic heterocycles. The lowest BCUT2D eigenvalue weighted by Gasteiger charge is -2.31. The number of H-pyrrole nitrogens is 1. The topological polar surface area (TPSA) is 109 Å². The zero-order chi connectivity index (χ0) is 18.6. The first-order valence-corrected chi connectivity index (χ1v) is 9.36. The molecule has 1 fully saturated rings. The molecule has 27 heavy (non-hydrogen) atoms. The number of pyridine rings is 1. The number of hydrogen-bond acceptors (Lipinski definition) is 5. The Bertz CT molecular complexity index is 820. The number of amides is 2. The van der Waals surface area contributed by atoms with Crippen LogP contribution in [-0.4, -0.2) is 39.7 Å². The van der Waals surface area contributed by atoms with E-state index in [1.165, 1.54) is 24.1 Å². The van der Waals surface area contributed by atoms with Crippen LogP contribution in [0.15, 0.2) is 24.5 Å². The van der Waals surface area contributed by atoms with Crippen molar-refractivity contribution < 1.29 is 14.3 Å². The SMILES string of the molecule is O=C1CO[C@H](C(=O)NCc2n[nH]c3c2CCCCC3)[C@@H](c2cccnc2)N1. The molecule has 2 aliphatic rings. The van der Waals surface area contributed by atoms with Gasteiger partial charge in [0.15, 0.2) is 6.10 Å². The van der Waals surface area contributed by atoms with Crippen LogP contribution in [0.5, 0.6) is 0 Å². The van der Waals surface area contributed by atoms with Crippen LogP contribution in [0.1, 0.15) is 47.8 Å². The molecular formula is C19H23N5O3. The van der Waals surface area contributed by atoms with Crippen molar-refractivity contribution in [3.05, 3.63) is 47.0 Å². The Morgan fingerprint density at radius 2 is 2.19 bits per heavy atom. The Balaban J connectivity index is 1.45. The van der Waals surface area contributed by atoms with Gasteiger partial charge in [-0.2, -0.15) is 5.10 Å². The molecule has 142 valence electrons. The molecule has 2 aromatic rings. The van der Waals surface area contributed by atoms with Gasteiger partial charge in [-0.25, -0.2) is 0 Å². The maximum atomic E-state index is 12.8. The average molecular weight is 369 g/mol. The van der Waals surface area contributed by atoms with E-state index in [1.807, 2.05) is 6.07 Å². The third-order valence-electron chi connectivity index (χ3n) is 5.14. The summed E-state index contributed by atoms with van der Waals surface area (Å²) >= 11 is 0. The summed E-state index contributed by atoms with van der Waals surface area (Å²) < 4.78 is 5.54. The molecule has 1 saturated heterocycles. The average Bonchev–Trinajstić information content (AvgIpc) is 2.92. The number of rotatable bonds is 4. The number of carbonyl (C=O) groups excluding carboxylic acids is 2. The molecule has 3 N–H and O–H groups in total. The Labute approximate surface area is 157 Å². The van der Waals surface area contributed by atoms with Gasteiger partial charge in [-0.3, -0.25) is 19.7 Å². The van der Waals surface area contributed by atoms with Crippen molar-refractivity contribution in [2.24, 2.45) is 0 Å². The summed E-state index contributed by atoms with van der Waals surface area (Å²) in [4.78, 5) is 28.6. The van der Waals surface area contributed by atoms with E-state index in [0.29, 0.717) is 6.54 Å². The Morgan fingerprint density at radius 3 is 3.04 bits per heavy atom. The Kier molecular flexibility index (Phi) is 5.15. The maximum absolute atomic E-state index is 12.8. The third-order valence-corrected chi connectivity index (χ3v) is 5.14. The molecule has 8 heteroatoms. The molecule has 2 atom stereocenters.